The molecular weight excluding hydrogens is 931 g/mol. The summed E-state index contributed by atoms with van der Waals surface area (Å²) in [6.45, 7) is 23.8. The Morgan fingerprint density at radius 2 is 1.60 bits per heavy atom. The molecule has 0 amide bonds. The summed E-state index contributed by atoms with van der Waals surface area (Å²) in [5, 5.41) is 11.0. The summed E-state index contributed by atoms with van der Waals surface area (Å²) in [5.74, 6) is 0.416. The van der Waals surface area contributed by atoms with Crippen LogP contribution in [0.5, 0.6) is 23.1 Å². The lowest BCUT2D eigenvalue weighted by atomic mass is 9.92. The molecule has 1 N–H and O–H groups in total. The van der Waals surface area contributed by atoms with Crippen molar-refractivity contribution in [2.75, 3.05) is 19.8 Å². The lowest BCUT2D eigenvalue weighted by molar-refractivity contribution is -0.163. The topological polar surface area (TPSA) is 118 Å². The largest absolute Gasteiger partial charge is 0.543 e. The average molecular weight is 990 g/mol. The molecule has 15 heteroatoms. The van der Waals surface area contributed by atoms with E-state index in [2.05, 4.69) is 45.4 Å². The Morgan fingerprint density at radius 1 is 0.925 bits per heavy atom. The fourth-order valence-corrected chi connectivity index (χ4v) is 9.69. The van der Waals surface area contributed by atoms with Gasteiger partial charge in [-0.05, 0) is 111 Å². The molecule has 67 heavy (non-hydrogen) atoms. The standard InChI is InChI=1S/C52H59Cl2FN2O8SSi/c1-12-24-60-29-38(27-58)62-46-44(53)31(2)41(32(3)45(46)54)42-43-48(56-30-57-49(43)66-47(42)34-18-20-36(55)21-19-34)63-40(50(59)64-51(4,5)6)26-35-25-37(65-67(10,11)52(7,8)9)22-23-39(35)61-28-33-16-14-13-15-17-33/h12-23,25,30,38,40,58H,1,24,26-29H2,2-11H3/t38-,40+/m0/s1. The third kappa shape index (κ3) is 12.4. The van der Waals surface area contributed by atoms with Gasteiger partial charge in [0, 0.05) is 22.4 Å². The number of hydrogen-bond donors (Lipinski definition) is 1. The minimum absolute atomic E-state index is 0.00775. The van der Waals surface area contributed by atoms with Crippen molar-refractivity contribution in [2.45, 2.75) is 104 Å². The van der Waals surface area contributed by atoms with E-state index in [-0.39, 0.29) is 59.6 Å². The van der Waals surface area contributed by atoms with Crippen molar-refractivity contribution in [1.82, 2.24) is 9.97 Å². The van der Waals surface area contributed by atoms with Crippen molar-refractivity contribution in [3.63, 3.8) is 0 Å². The van der Waals surface area contributed by atoms with Crippen LogP contribution in [0.4, 0.5) is 4.39 Å². The molecule has 0 saturated heterocycles. The van der Waals surface area contributed by atoms with Crippen LogP contribution in [-0.2, 0) is 27.3 Å². The third-order valence-electron chi connectivity index (χ3n) is 11.4. The van der Waals surface area contributed by atoms with E-state index in [0.29, 0.717) is 60.0 Å². The molecule has 2 aromatic heterocycles. The number of halogens is 3. The summed E-state index contributed by atoms with van der Waals surface area (Å²) in [6.07, 6.45) is 0.943. The molecule has 0 bridgehead atoms. The second kappa shape index (κ2) is 21.5. The zero-order chi connectivity index (χ0) is 48.8. The smallest absolute Gasteiger partial charge is 0.348 e. The SMILES string of the molecule is C=CCOC[C@H](CO)Oc1c(Cl)c(C)c(-c2c(-c3ccc(F)cc3)sc3ncnc(O[C@H](Cc4cc(O[Si](C)(C)C(C)(C)C)ccc4OCc4ccccc4)C(=O)OC(C)(C)C)c23)c(C)c1Cl. The van der Waals surface area contributed by atoms with Crippen molar-refractivity contribution in [1.29, 1.82) is 0 Å². The molecular formula is C52H59Cl2FN2O8SSi. The van der Waals surface area contributed by atoms with Crippen LogP contribution in [-0.4, -0.2) is 67.0 Å². The van der Waals surface area contributed by atoms with Gasteiger partial charge in [0.1, 0.15) is 46.8 Å². The van der Waals surface area contributed by atoms with Crippen LogP contribution >= 0.6 is 34.5 Å². The second-order valence-electron chi connectivity index (χ2n) is 18.8. The van der Waals surface area contributed by atoms with Gasteiger partial charge in [0.15, 0.2) is 5.75 Å². The summed E-state index contributed by atoms with van der Waals surface area (Å²) in [6, 6.07) is 21.6. The monoisotopic (exact) mass is 988 g/mol. The number of aliphatic hydroxyl groups is 1. The zero-order valence-corrected chi connectivity index (χ0v) is 43.1. The van der Waals surface area contributed by atoms with Gasteiger partial charge < -0.3 is 33.2 Å². The highest BCUT2D eigenvalue weighted by molar-refractivity contribution is 7.22. The van der Waals surface area contributed by atoms with E-state index < -0.39 is 37.9 Å². The first kappa shape index (κ1) is 51.4. The quantitative estimate of drug-likeness (QED) is 0.0364. The van der Waals surface area contributed by atoms with Gasteiger partial charge in [0.05, 0.1) is 35.3 Å². The van der Waals surface area contributed by atoms with Crippen LogP contribution in [0.1, 0.15) is 63.8 Å². The molecule has 0 unspecified atom stereocenters. The van der Waals surface area contributed by atoms with Crippen LogP contribution in [0, 0.1) is 19.7 Å². The van der Waals surface area contributed by atoms with E-state index >= 15 is 0 Å². The maximum absolute atomic E-state index is 14.5. The molecule has 4 aromatic carbocycles. The van der Waals surface area contributed by atoms with Crippen LogP contribution in [0.25, 0.3) is 31.8 Å². The second-order valence-corrected chi connectivity index (χ2v) is 25.2. The van der Waals surface area contributed by atoms with Gasteiger partial charge >= 0.3 is 5.97 Å². The maximum atomic E-state index is 14.5. The molecule has 10 nitrogen and oxygen atoms in total. The van der Waals surface area contributed by atoms with Crippen LogP contribution in [0.3, 0.4) is 0 Å². The Balaban J connectivity index is 1.53. The summed E-state index contributed by atoms with van der Waals surface area (Å²) < 4.78 is 52.4. The molecule has 0 radical (unpaired) electrons. The van der Waals surface area contributed by atoms with Crippen LogP contribution < -0.4 is 18.6 Å². The third-order valence-corrected chi connectivity index (χ3v) is 17.8. The summed E-state index contributed by atoms with van der Waals surface area (Å²) in [5.41, 5.74) is 3.82. The molecule has 0 aliphatic carbocycles. The maximum Gasteiger partial charge on any atom is 0.348 e. The molecule has 2 heterocycles. The minimum atomic E-state index is -2.30. The number of carbonyl (C=O) groups is 1. The number of nitrogens with zero attached hydrogens (tertiary/aromatic N) is 2. The van der Waals surface area contributed by atoms with E-state index in [1.165, 1.54) is 29.8 Å². The number of carbonyl (C=O) groups excluding carboxylic acids is 1. The number of aromatic nitrogens is 2. The van der Waals surface area contributed by atoms with Crippen molar-refractivity contribution < 1.29 is 42.4 Å². The molecule has 2 atom stereocenters. The number of aliphatic hydroxyl groups excluding tert-OH is 1. The van der Waals surface area contributed by atoms with Gasteiger partial charge in [0.25, 0.3) is 0 Å². The number of rotatable bonds is 19. The molecule has 0 aliphatic heterocycles. The number of fused-ring (bicyclic) bond motifs is 1. The highest BCUT2D eigenvalue weighted by Crippen LogP contribution is 2.53. The highest BCUT2D eigenvalue weighted by atomic mass is 35.5. The Kier molecular flexibility index (Phi) is 16.5. The number of esters is 1. The van der Waals surface area contributed by atoms with Gasteiger partial charge in [-0.25, -0.2) is 19.2 Å². The predicted molar refractivity (Wildman–Crippen MR) is 269 cm³/mol. The molecule has 0 aliphatic rings. The first-order valence-corrected chi connectivity index (χ1v) is 26.5. The van der Waals surface area contributed by atoms with Crippen molar-refractivity contribution in [3.8, 4) is 44.7 Å². The number of hydrogen-bond acceptors (Lipinski definition) is 11. The Bertz CT molecular complexity index is 2670. The molecule has 0 fully saturated rings. The number of thiophene rings is 1. The predicted octanol–water partition coefficient (Wildman–Crippen LogP) is 13.3. The van der Waals surface area contributed by atoms with Gasteiger partial charge in [0.2, 0.25) is 20.3 Å². The molecule has 0 saturated carbocycles. The fourth-order valence-electron chi connectivity index (χ4n) is 7.01. The number of ether oxygens (including phenoxy) is 5. The van der Waals surface area contributed by atoms with Gasteiger partial charge in [-0.15, -0.1) is 17.9 Å². The van der Waals surface area contributed by atoms with Crippen molar-refractivity contribution in [3.05, 3.63) is 130 Å². The first-order chi connectivity index (χ1) is 31.6. The van der Waals surface area contributed by atoms with Gasteiger partial charge in [-0.2, -0.15) is 0 Å². The highest BCUT2D eigenvalue weighted by Gasteiger charge is 2.39. The summed E-state index contributed by atoms with van der Waals surface area (Å²) in [4.78, 5) is 25.1. The minimum Gasteiger partial charge on any atom is -0.543 e. The summed E-state index contributed by atoms with van der Waals surface area (Å²) in [7, 11) is -2.30. The van der Waals surface area contributed by atoms with Crippen molar-refractivity contribution in [2.24, 2.45) is 0 Å². The lowest BCUT2D eigenvalue weighted by Crippen LogP contribution is -2.43. The molecule has 6 rings (SSSR count). The molecule has 6 aromatic rings. The molecule has 356 valence electrons. The van der Waals surface area contributed by atoms with E-state index in [4.69, 9.17) is 56.3 Å². The van der Waals surface area contributed by atoms with E-state index in [1.54, 1.807) is 39.0 Å². The number of benzene rings is 4. The van der Waals surface area contributed by atoms with Crippen molar-refractivity contribution >= 4 is 59.0 Å². The Morgan fingerprint density at radius 3 is 2.21 bits per heavy atom. The summed E-state index contributed by atoms with van der Waals surface area (Å²) >= 11 is 15.7. The zero-order valence-electron chi connectivity index (χ0n) is 39.7. The Labute approximate surface area is 408 Å². The Hall–Kier alpha value is -5.02. The van der Waals surface area contributed by atoms with E-state index in [9.17, 15) is 14.3 Å². The fraction of sp³-hybridized carbons (Fsp3) is 0.365. The van der Waals surface area contributed by atoms with Gasteiger partial charge in [-0.1, -0.05) is 92.5 Å². The van der Waals surface area contributed by atoms with Gasteiger partial charge in [-0.3, -0.25) is 0 Å². The lowest BCUT2D eigenvalue weighted by Gasteiger charge is -2.36. The molecule has 0 spiro atoms. The first-order valence-electron chi connectivity index (χ1n) is 22.0. The van der Waals surface area contributed by atoms with E-state index in [0.717, 1.165) is 5.56 Å². The van der Waals surface area contributed by atoms with E-state index in [1.807, 2.05) is 62.4 Å². The normalized spacial score (nSPS) is 13.0. The average Bonchev–Trinajstić information content (AvgIpc) is 3.65. The van der Waals surface area contributed by atoms with Crippen LogP contribution in [0.15, 0.2) is 91.8 Å². The van der Waals surface area contributed by atoms with Crippen LogP contribution in [0.2, 0.25) is 28.2 Å².